The Morgan fingerprint density at radius 3 is 2.35 bits per heavy atom. The van der Waals surface area contributed by atoms with E-state index in [9.17, 15) is 14.4 Å². The summed E-state index contributed by atoms with van der Waals surface area (Å²) in [6, 6.07) is -1.12. The molecule has 0 heterocycles. The third-order valence-electron chi connectivity index (χ3n) is 2.41. The molecule has 0 aromatic heterocycles. The fourth-order valence-corrected chi connectivity index (χ4v) is 1.31. The summed E-state index contributed by atoms with van der Waals surface area (Å²) in [6.45, 7) is 4.26. The normalized spacial score (nSPS) is 12.0. The number of rotatable bonds is 6. The molecule has 0 spiro atoms. The number of nitrogens with zero attached hydrogens (tertiary/aromatic N) is 1. The van der Waals surface area contributed by atoms with Gasteiger partial charge in [-0.3, -0.25) is 19.8 Å². The van der Waals surface area contributed by atoms with Crippen LogP contribution in [0.4, 0.5) is 4.79 Å². The van der Waals surface area contributed by atoms with Gasteiger partial charge in [-0.15, -0.1) is 0 Å². The van der Waals surface area contributed by atoms with Crippen LogP contribution in [0.5, 0.6) is 0 Å². The maximum Gasteiger partial charge on any atom is 0.321 e. The van der Waals surface area contributed by atoms with Crippen LogP contribution in [-0.4, -0.2) is 54.1 Å². The van der Waals surface area contributed by atoms with E-state index in [1.807, 2.05) is 6.92 Å². The van der Waals surface area contributed by atoms with E-state index < -0.39 is 23.9 Å². The van der Waals surface area contributed by atoms with Gasteiger partial charge in [-0.1, -0.05) is 6.92 Å². The smallest absolute Gasteiger partial charge is 0.321 e. The van der Waals surface area contributed by atoms with Gasteiger partial charge in [0.2, 0.25) is 5.91 Å². The third-order valence-corrected chi connectivity index (χ3v) is 2.41. The summed E-state index contributed by atoms with van der Waals surface area (Å²) in [7, 11) is 1.41. The highest BCUT2D eigenvalue weighted by Gasteiger charge is 2.21. The number of amides is 3. The predicted octanol–water partition coefficient (Wildman–Crippen LogP) is -0.373. The van der Waals surface area contributed by atoms with Crippen molar-refractivity contribution in [2.45, 2.75) is 26.3 Å². The first kappa shape index (κ1) is 15.4. The van der Waals surface area contributed by atoms with Gasteiger partial charge in [-0.05, 0) is 13.5 Å². The molecule has 98 valence electrons. The summed E-state index contributed by atoms with van der Waals surface area (Å²) in [5, 5.41) is 13.0. The van der Waals surface area contributed by atoms with Crippen molar-refractivity contribution in [3.8, 4) is 0 Å². The molecule has 0 rings (SSSR count). The highest BCUT2D eigenvalue weighted by molar-refractivity contribution is 5.96. The van der Waals surface area contributed by atoms with Gasteiger partial charge in [0, 0.05) is 13.6 Å². The summed E-state index contributed by atoms with van der Waals surface area (Å²) in [6.07, 6.45) is -0.0363. The first-order valence-corrected chi connectivity index (χ1v) is 5.40. The van der Waals surface area contributed by atoms with Crippen LogP contribution < -0.4 is 10.6 Å². The number of carbonyl (C=O) groups is 3. The zero-order valence-corrected chi connectivity index (χ0v) is 10.3. The van der Waals surface area contributed by atoms with Crippen molar-refractivity contribution in [2.75, 3.05) is 20.1 Å². The Morgan fingerprint density at radius 2 is 1.94 bits per heavy atom. The molecule has 3 amide bonds. The van der Waals surface area contributed by atoms with E-state index in [4.69, 9.17) is 5.11 Å². The largest absolute Gasteiger partial charge is 0.481 e. The van der Waals surface area contributed by atoms with Gasteiger partial charge in [-0.25, -0.2) is 4.79 Å². The number of likely N-dealkylation sites (N-methyl/N-ethyl adjacent to an activating group) is 1. The molecule has 0 bridgehead atoms. The standard InChI is InChI=1S/C10H19N3O4/c1-4-13(6-5-8(14)15)7(2)9(16)12-10(17)11-3/h7H,4-6H2,1-3H3,(H,14,15)(H2,11,12,16,17). The number of carbonyl (C=O) groups excluding carboxylic acids is 2. The van der Waals surface area contributed by atoms with Crippen LogP contribution in [0.15, 0.2) is 0 Å². The van der Waals surface area contributed by atoms with Crippen LogP contribution in [0.3, 0.4) is 0 Å². The lowest BCUT2D eigenvalue weighted by molar-refractivity contribution is -0.138. The van der Waals surface area contributed by atoms with Gasteiger partial charge in [0.05, 0.1) is 12.5 Å². The van der Waals surface area contributed by atoms with Gasteiger partial charge in [0.1, 0.15) is 0 Å². The molecule has 1 atom stereocenters. The minimum absolute atomic E-state index is 0.0363. The number of carboxylic acids is 1. The fraction of sp³-hybridized carbons (Fsp3) is 0.700. The van der Waals surface area contributed by atoms with Gasteiger partial charge in [-0.2, -0.15) is 0 Å². The first-order valence-electron chi connectivity index (χ1n) is 5.40. The second-order valence-electron chi connectivity index (χ2n) is 3.52. The fourth-order valence-electron chi connectivity index (χ4n) is 1.31. The van der Waals surface area contributed by atoms with E-state index in [0.29, 0.717) is 6.54 Å². The molecule has 0 aliphatic heterocycles. The van der Waals surface area contributed by atoms with E-state index in [1.165, 1.54) is 7.05 Å². The Labute approximate surface area is 100 Å². The van der Waals surface area contributed by atoms with Gasteiger partial charge >= 0.3 is 12.0 Å². The van der Waals surface area contributed by atoms with Crippen LogP contribution in [0.1, 0.15) is 20.3 Å². The number of hydrogen-bond donors (Lipinski definition) is 3. The lowest BCUT2D eigenvalue weighted by Crippen LogP contribution is -2.49. The second-order valence-corrected chi connectivity index (χ2v) is 3.52. The van der Waals surface area contributed by atoms with Crippen LogP contribution in [0.2, 0.25) is 0 Å². The number of carboxylic acid groups (broad SMARTS) is 1. The van der Waals surface area contributed by atoms with Gasteiger partial charge in [0.15, 0.2) is 0 Å². The molecule has 0 radical (unpaired) electrons. The summed E-state index contributed by atoms with van der Waals surface area (Å²) in [4.78, 5) is 34.7. The van der Waals surface area contributed by atoms with Crippen molar-refractivity contribution in [3.63, 3.8) is 0 Å². The highest BCUT2D eigenvalue weighted by Crippen LogP contribution is 2.00. The number of imide groups is 1. The molecule has 0 aromatic rings. The average molecular weight is 245 g/mol. The van der Waals surface area contributed by atoms with Crippen LogP contribution >= 0.6 is 0 Å². The molecule has 0 fully saturated rings. The minimum atomic E-state index is -0.914. The monoisotopic (exact) mass is 245 g/mol. The molecule has 7 nitrogen and oxygen atoms in total. The summed E-state index contributed by atoms with van der Waals surface area (Å²) >= 11 is 0. The molecule has 3 N–H and O–H groups in total. The van der Waals surface area contributed by atoms with E-state index in [-0.39, 0.29) is 13.0 Å². The van der Waals surface area contributed by atoms with Gasteiger partial charge < -0.3 is 10.4 Å². The van der Waals surface area contributed by atoms with Gasteiger partial charge in [0.25, 0.3) is 0 Å². The molecule has 0 aliphatic rings. The van der Waals surface area contributed by atoms with Crippen molar-refractivity contribution in [3.05, 3.63) is 0 Å². The molecular weight excluding hydrogens is 226 g/mol. The van der Waals surface area contributed by atoms with Crippen LogP contribution in [0, 0.1) is 0 Å². The lowest BCUT2D eigenvalue weighted by atomic mass is 10.2. The van der Waals surface area contributed by atoms with E-state index >= 15 is 0 Å². The molecule has 0 aliphatic carbocycles. The Morgan fingerprint density at radius 1 is 1.35 bits per heavy atom. The molecular formula is C10H19N3O4. The van der Waals surface area contributed by atoms with Crippen LogP contribution in [0.25, 0.3) is 0 Å². The summed E-state index contributed by atoms with van der Waals surface area (Å²) in [5.74, 6) is -1.36. The number of aliphatic carboxylic acids is 1. The summed E-state index contributed by atoms with van der Waals surface area (Å²) in [5.41, 5.74) is 0. The SMILES string of the molecule is CCN(CCC(=O)O)C(C)C(=O)NC(=O)NC. The van der Waals surface area contributed by atoms with E-state index in [1.54, 1.807) is 11.8 Å². The number of nitrogens with one attached hydrogen (secondary N) is 2. The minimum Gasteiger partial charge on any atom is -0.481 e. The second kappa shape index (κ2) is 7.61. The maximum absolute atomic E-state index is 11.6. The highest BCUT2D eigenvalue weighted by atomic mass is 16.4. The van der Waals surface area contributed by atoms with Crippen molar-refractivity contribution < 1.29 is 19.5 Å². The predicted molar refractivity (Wildman–Crippen MR) is 61.6 cm³/mol. The Hall–Kier alpha value is -1.63. The molecule has 17 heavy (non-hydrogen) atoms. The molecule has 0 aromatic carbocycles. The number of hydrogen-bond acceptors (Lipinski definition) is 4. The zero-order valence-electron chi connectivity index (χ0n) is 10.3. The Bertz CT molecular complexity index is 293. The maximum atomic E-state index is 11.6. The average Bonchev–Trinajstić information content (AvgIpc) is 2.28. The summed E-state index contributed by atoms with van der Waals surface area (Å²) < 4.78 is 0. The lowest BCUT2D eigenvalue weighted by Gasteiger charge is -2.25. The van der Waals surface area contributed by atoms with Crippen molar-refractivity contribution in [2.24, 2.45) is 0 Å². The number of urea groups is 1. The first-order chi connectivity index (χ1) is 7.92. The van der Waals surface area contributed by atoms with Crippen molar-refractivity contribution in [1.29, 1.82) is 0 Å². The van der Waals surface area contributed by atoms with Crippen LogP contribution in [-0.2, 0) is 9.59 Å². The van der Waals surface area contributed by atoms with E-state index in [0.717, 1.165) is 0 Å². The van der Waals surface area contributed by atoms with E-state index in [2.05, 4.69) is 10.6 Å². The third kappa shape index (κ3) is 5.86. The topological polar surface area (TPSA) is 98.7 Å². The van der Waals surface area contributed by atoms with Crippen molar-refractivity contribution >= 4 is 17.9 Å². The Balaban J connectivity index is 4.31. The molecule has 1 unspecified atom stereocenters. The molecule has 0 saturated carbocycles. The molecule has 0 saturated heterocycles. The Kier molecular flexibility index (Phi) is 6.88. The van der Waals surface area contributed by atoms with Crippen molar-refractivity contribution in [1.82, 2.24) is 15.5 Å². The zero-order chi connectivity index (χ0) is 13.4. The molecule has 7 heteroatoms. The quantitative estimate of drug-likeness (QED) is 0.593.